The molecule has 28 heavy (non-hydrogen) atoms. The molecule has 0 fully saturated rings. The van der Waals surface area contributed by atoms with Crippen molar-refractivity contribution in [3.63, 3.8) is 0 Å². The maximum absolute atomic E-state index is 4.11. The van der Waals surface area contributed by atoms with Gasteiger partial charge in [-0.1, -0.05) is 85.0 Å². The van der Waals surface area contributed by atoms with E-state index < -0.39 is 0 Å². The predicted octanol–water partition coefficient (Wildman–Crippen LogP) is 8.22. The molecule has 156 valence electrons. The standard InChI is InChI=1S/C15H25N.C8H10.C4H8/c1-4-5-6-8-13(2)10-11-15-9-7-12-16-14(15)3;1-7-4-3-5-8(2)6-7;1-4(2)3/h10-11,16H,2,4-9,12H2,1,3H3;3-6H,1-2H3;1H2,2-3H3/b11-10-;;. The van der Waals surface area contributed by atoms with Gasteiger partial charge in [0.15, 0.2) is 0 Å². The van der Waals surface area contributed by atoms with Crippen molar-refractivity contribution in [2.75, 3.05) is 6.54 Å². The van der Waals surface area contributed by atoms with E-state index in [0.29, 0.717) is 0 Å². The summed E-state index contributed by atoms with van der Waals surface area (Å²) in [7, 11) is 0. The molecule has 1 nitrogen and oxygen atoms in total. The maximum atomic E-state index is 4.11. The lowest BCUT2D eigenvalue weighted by atomic mass is 10.0. The second-order valence-electron chi connectivity index (χ2n) is 7.99. The van der Waals surface area contributed by atoms with Gasteiger partial charge < -0.3 is 5.32 Å². The fourth-order valence-corrected chi connectivity index (χ4v) is 2.77. The van der Waals surface area contributed by atoms with Crippen molar-refractivity contribution in [3.05, 3.63) is 83.1 Å². The molecule has 1 aliphatic rings. The van der Waals surface area contributed by atoms with Crippen LogP contribution in [0, 0.1) is 13.8 Å². The molecular formula is C27H43N. The Morgan fingerprint density at radius 1 is 1.07 bits per heavy atom. The Balaban J connectivity index is 0.000000502. The predicted molar refractivity (Wildman–Crippen MR) is 129 cm³/mol. The fraction of sp³-hybridized carbons (Fsp3) is 0.481. The lowest BCUT2D eigenvalue weighted by Gasteiger charge is -2.17. The zero-order valence-electron chi connectivity index (χ0n) is 19.3. The lowest BCUT2D eigenvalue weighted by Crippen LogP contribution is -2.19. The van der Waals surface area contributed by atoms with Crippen molar-refractivity contribution in [2.24, 2.45) is 0 Å². The Kier molecular flexibility index (Phi) is 14.8. The van der Waals surface area contributed by atoms with Crippen LogP contribution in [0.4, 0.5) is 0 Å². The topological polar surface area (TPSA) is 12.0 Å². The highest BCUT2D eigenvalue weighted by Crippen LogP contribution is 2.17. The normalized spacial score (nSPS) is 13.1. The van der Waals surface area contributed by atoms with Gasteiger partial charge in [-0.25, -0.2) is 0 Å². The number of rotatable bonds is 6. The van der Waals surface area contributed by atoms with Crippen molar-refractivity contribution in [1.29, 1.82) is 0 Å². The monoisotopic (exact) mass is 381 g/mol. The van der Waals surface area contributed by atoms with Crippen molar-refractivity contribution in [1.82, 2.24) is 5.32 Å². The Labute approximate surface area is 175 Å². The SMILES string of the molecule is C=C(/C=C\C1=C(C)NCCC1)CCCCC.C=C(C)C.Cc1cccc(C)c1. The van der Waals surface area contributed by atoms with Crippen LogP contribution in [-0.2, 0) is 0 Å². The quantitative estimate of drug-likeness (QED) is 0.297. The molecule has 1 aromatic rings. The van der Waals surface area contributed by atoms with Gasteiger partial charge in [-0.05, 0) is 65.9 Å². The van der Waals surface area contributed by atoms with E-state index in [4.69, 9.17) is 0 Å². The third-order valence-electron chi connectivity index (χ3n) is 4.29. The van der Waals surface area contributed by atoms with Crippen molar-refractivity contribution in [2.45, 2.75) is 80.1 Å². The van der Waals surface area contributed by atoms with E-state index in [1.165, 1.54) is 65.6 Å². The molecule has 0 aromatic heterocycles. The van der Waals surface area contributed by atoms with Gasteiger partial charge in [0.05, 0.1) is 0 Å². The van der Waals surface area contributed by atoms with E-state index in [1.54, 1.807) is 0 Å². The second kappa shape index (κ2) is 16.0. The van der Waals surface area contributed by atoms with Crippen molar-refractivity contribution >= 4 is 0 Å². The molecule has 1 heterocycles. The average Bonchev–Trinajstić information content (AvgIpc) is 2.61. The first kappa shape index (κ1) is 26.0. The molecule has 0 bridgehead atoms. The van der Waals surface area contributed by atoms with Gasteiger partial charge >= 0.3 is 0 Å². The molecule has 0 saturated carbocycles. The molecule has 0 radical (unpaired) electrons. The van der Waals surface area contributed by atoms with Gasteiger partial charge in [-0.15, -0.1) is 6.58 Å². The molecule has 0 spiro atoms. The lowest BCUT2D eigenvalue weighted by molar-refractivity contribution is 0.671. The van der Waals surface area contributed by atoms with E-state index in [1.807, 2.05) is 13.8 Å². The van der Waals surface area contributed by atoms with Crippen LogP contribution in [0.15, 0.2) is 72.0 Å². The third kappa shape index (κ3) is 15.1. The summed E-state index contributed by atoms with van der Waals surface area (Å²) in [6.07, 6.45) is 11.9. The molecule has 0 amide bonds. The zero-order chi connectivity index (χ0) is 21.4. The van der Waals surface area contributed by atoms with Crippen LogP contribution in [-0.4, -0.2) is 6.54 Å². The van der Waals surface area contributed by atoms with Gasteiger partial charge in [0, 0.05) is 12.2 Å². The summed E-state index contributed by atoms with van der Waals surface area (Å²) < 4.78 is 0. The smallest absolute Gasteiger partial charge is 0.0147 e. The fourth-order valence-electron chi connectivity index (χ4n) is 2.77. The van der Waals surface area contributed by atoms with Gasteiger partial charge in [0.1, 0.15) is 0 Å². The van der Waals surface area contributed by atoms with Crippen LogP contribution < -0.4 is 5.32 Å². The first-order valence-corrected chi connectivity index (χ1v) is 10.7. The molecule has 0 unspecified atom stereocenters. The third-order valence-corrected chi connectivity index (χ3v) is 4.29. The number of benzene rings is 1. The van der Waals surface area contributed by atoms with Crippen LogP contribution in [0.25, 0.3) is 0 Å². The molecule has 1 aromatic carbocycles. The first-order valence-electron chi connectivity index (χ1n) is 10.7. The van der Waals surface area contributed by atoms with E-state index in [9.17, 15) is 0 Å². The summed E-state index contributed by atoms with van der Waals surface area (Å²) in [5.74, 6) is 0. The highest BCUT2D eigenvalue weighted by atomic mass is 14.9. The molecule has 1 N–H and O–H groups in total. The Bertz CT molecular complexity index is 625. The molecular weight excluding hydrogens is 338 g/mol. The Morgan fingerprint density at radius 3 is 2.14 bits per heavy atom. The minimum absolute atomic E-state index is 1.13. The van der Waals surface area contributed by atoms with E-state index >= 15 is 0 Å². The number of nitrogens with one attached hydrogen (secondary N) is 1. The summed E-state index contributed by atoms with van der Waals surface area (Å²) in [4.78, 5) is 0. The molecule has 0 aliphatic carbocycles. The summed E-state index contributed by atoms with van der Waals surface area (Å²) >= 11 is 0. The molecule has 1 heteroatoms. The zero-order valence-corrected chi connectivity index (χ0v) is 19.3. The van der Waals surface area contributed by atoms with Crippen LogP contribution in [0.5, 0.6) is 0 Å². The summed E-state index contributed by atoms with van der Waals surface area (Å²) in [6.45, 7) is 21.3. The van der Waals surface area contributed by atoms with E-state index in [-0.39, 0.29) is 0 Å². The van der Waals surface area contributed by atoms with Gasteiger partial charge in [-0.2, -0.15) is 0 Å². The number of allylic oxidation sites excluding steroid dienone is 6. The van der Waals surface area contributed by atoms with Gasteiger partial charge in [0.2, 0.25) is 0 Å². The number of aryl methyl sites for hydroxylation is 2. The Morgan fingerprint density at radius 2 is 1.68 bits per heavy atom. The van der Waals surface area contributed by atoms with Crippen LogP contribution in [0.2, 0.25) is 0 Å². The summed E-state index contributed by atoms with van der Waals surface area (Å²) in [6, 6.07) is 8.45. The molecule has 0 saturated heterocycles. The first-order chi connectivity index (χ1) is 13.3. The average molecular weight is 382 g/mol. The van der Waals surface area contributed by atoms with E-state index in [0.717, 1.165) is 13.0 Å². The van der Waals surface area contributed by atoms with Crippen LogP contribution in [0.3, 0.4) is 0 Å². The maximum Gasteiger partial charge on any atom is 0.0147 e. The highest BCUT2D eigenvalue weighted by molar-refractivity contribution is 5.30. The van der Waals surface area contributed by atoms with E-state index in [2.05, 4.69) is 82.6 Å². The Hall–Kier alpha value is -2.02. The summed E-state index contributed by atoms with van der Waals surface area (Å²) in [5, 5.41) is 3.41. The number of hydrogen-bond acceptors (Lipinski definition) is 1. The molecule has 1 aliphatic heterocycles. The minimum atomic E-state index is 1.13. The van der Waals surface area contributed by atoms with Crippen LogP contribution >= 0.6 is 0 Å². The summed E-state index contributed by atoms with van der Waals surface area (Å²) in [5.41, 5.74) is 7.89. The molecule has 2 rings (SSSR count). The number of hydrogen-bond donors (Lipinski definition) is 1. The second-order valence-corrected chi connectivity index (χ2v) is 7.99. The van der Waals surface area contributed by atoms with Gasteiger partial charge in [0.25, 0.3) is 0 Å². The van der Waals surface area contributed by atoms with Crippen molar-refractivity contribution in [3.8, 4) is 0 Å². The minimum Gasteiger partial charge on any atom is -0.388 e. The highest BCUT2D eigenvalue weighted by Gasteiger charge is 2.04. The van der Waals surface area contributed by atoms with Gasteiger partial charge in [-0.3, -0.25) is 0 Å². The van der Waals surface area contributed by atoms with Crippen LogP contribution in [0.1, 0.15) is 77.3 Å². The number of unbranched alkanes of at least 4 members (excludes halogenated alkanes) is 2. The molecule has 0 atom stereocenters. The largest absolute Gasteiger partial charge is 0.388 e. The van der Waals surface area contributed by atoms with Crippen molar-refractivity contribution < 1.29 is 0 Å².